The number of amides is 2. The van der Waals surface area contributed by atoms with Crippen LogP contribution in [0, 0.1) is 5.41 Å². The first-order valence-corrected chi connectivity index (χ1v) is 8.30. The lowest BCUT2D eigenvalue weighted by atomic mass is 9.93. The van der Waals surface area contributed by atoms with Gasteiger partial charge in [0.15, 0.2) is 0 Å². The van der Waals surface area contributed by atoms with E-state index in [0.717, 1.165) is 6.42 Å². The summed E-state index contributed by atoms with van der Waals surface area (Å²) < 4.78 is 0. The molecule has 20 heavy (non-hydrogen) atoms. The van der Waals surface area contributed by atoms with Crippen molar-refractivity contribution < 1.29 is 9.59 Å². The van der Waals surface area contributed by atoms with Gasteiger partial charge in [0.05, 0.1) is 5.88 Å². The van der Waals surface area contributed by atoms with Crippen molar-refractivity contribution in [2.24, 2.45) is 11.1 Å². The van der Waals surface area contributed by atoms with Crippen molar-refractivity contribution in [3.63, 3.8) is 0 Å². The molecule has 1 unspecified atom stereocenters. The number of hydrogen-bond donors (Lipinski definition) is 1. The van der Waals surface area contributed by atoms with E-state index in [1.807, 2.05) is 20.8 Å². The fourth-order valence-electron chi connectivity index (χ4n) is 2.29. The Kier molecular flexibility index (Phi) is 6.33. The molecule has 2 N–H and O–H groups in total. The molecule has 1 fully saturated rings. The SMILES string of the molecule is CCCC(=O)N1CSCC1C(=O)N(C)CC(C)(C)CN. The van der Waals surface area contributed by atoms with Crippen LogP contribution in [0.3, 0.4) is 0 Å². The van der Waals surface area contributed by atoms with E-state index in [2.05, 4.69) is 0 Å². The summed E-state index contributed by atoms with van der Waals surface area (Å²) in [6.07, 6.45) is 1.33. The molecule has 1 saturated heterocycles. The molecule has 116 valence electrons. The largest absolute Gasteiger partial charge is 0.343 e. The lowest BCUT2D eigenvalue weighted by molar-refractivity contribution is -0.143. The maximum absolute atomic E-state index is 12.5. The van der Waals surface area contributed by atoms with E-state index < -0.39 is 0 Å². The molecule has 0 aromatic carbocycles. The van der Waals surface area contributed by atoms with E-state index >= 15 is 0 Å². The van der Waals surface area contributed by atoms with Gasteiger partial charge in [-0.2, -0.15) is 0 Å². The minimum Gasteiger partial charge on any atom is -0.343 e. The van der Waals surface area contributed by atoms with Crippen LogP contribution in [0.1, 0.15) is 33.6 Å². The summed E-state index contributed by atoms with van der Waals surface area (Å²) in [7, 11) is 1.80. The van der Waals surface area contributed by atoms with Gasteiger partial charge in [-0.15, -0.1) is 11.8 Å². The van der Waals surface area contributed by atoms with Gasteiger partial charge in [0.2, 0.25) is 11.8 Å². The number of carbonyl (C=O) groups is 2. The van der Waals surface area contributed by atoms with Crippen molar-refractivity contribution in [3.8, 4) is 0 Å². The molecule has 6 heteroatoms. The van der Waals surface area contributed by atoms with Crippen molar-refractivity contribution in [1.29, 1.82) is 0 Å². The minimum absolute atomic E-state index is 0.0287. The van der Waals surface area contributed by atoms with Gasteiger partial charge in [-0.1, -0.05) is 20.8 Å². The molecule has 0 bridgehead atoms. The van der Waals surface area contributed by atoms with Gasteiger partial charge in [-0.3, -0.25) is 9.59 Å². The Bertz CT molecular complexity index is 360. The highest BCUT2D eigenvalue weighted by molar-refractivity contribution is 7.99. The van der Waals surface area contributed by atoms with Crippen LogP contribution >= 0.6 is 11.8 Å². The first kappa shape index (κ1) is 17.3. The summed E-state index contributed by atoms with van der Waals surface area (Å²) in [4.78, 5) is 28.0. The van der Waals surface area contributed by atoms with Crippen molar-refractivity contribution >= 4 is 23.6 Å². The zero-order chi connectivity index (χ0) is 15.3. The highest BCUT2D eigenvalue weighted by Gasteiger charge is 2.36. The summed E-state index contributed by atoms with van der Waals surface area (Å²) in [6, 6.07) is -0.308. The molecule has 1 aliphatic rings. The lowest BCUT2D eigenvalue weighted by Gasteiger charge is -2.32. The average molecular weight is 301 g/mol. The highest BCUT2D eigenvalue weighted by Crippen LogP contribution is 2.24. The molecule has 1 aliphatic heterocycles. The highest BCUT2D eigenvalue weighted by atomic mass is 32.2. The second kappa shape index (κ2) is 7.31. The Morgan fingerprint density at radius 1 is 1.45 bits per heavy atom. The molecular weight excluding hydrogens is 274 g/mol. The zero-order valence-electron chi connectivity index (χ0n) is 13.0. The van der Waals surface area contributed by atoms with E-state index in [1.54, 1.807) is 28.6 Å². The van der Waals surface area contributed by atoms with E-state index in [-0.39, 0.29) is 23.3 Å². The summed E-state index contributed by atoms with van der Waals surface area (Å²) in [6.45, 7) is 7.20. The van der Waals surface area contributed by atoms with E-state index in [0.29, 0.717) is 31.1 Å². The van der Waals surface area contributed by atoms with Crippen LogP contribution in [0.2, 0.25) is 0 Å². The van der Waals surface area contributed by atoms with Gasteiger partial charge < -0.3 is 15.5 Å². The third-order valence-corrected chi connectivity index (χ3v) is 4.56. The molecule has 1 rings (SSSR count). The predicted octanol–water partition coefficient (Wildman–Crippen LogP) is 1.13. The lowest BCUT2D eigenvalue weighted by Crippen LogP contribution is -2.50. The Hall–Kier alpha value is -0.750. The van der Waals surface area contributed by atoms with Crippen molar-refractivity contribution in [2.75, 3.05) is 31.8 Å². The fraction of sp³-hybridized carbons (Fsp3) is 0.857. The number of rotatable bonds is 6. The van der Waals surface area contributed by atoms with E-state index in [1.165, 1.54) is 0 Å². The summed E-state index contributed by atoms with van der Waals surface area (Å²) >= 11 is 1.65. The standard InChI is InChI=1S/C14H27N3O2S/c1-5-6-12(18)17-10-20-7-11(17)13(19)16(4)9-14(2,3)8-15/h11H,5-10,15H2,1-4H3. The van der Waals surface area contributed by atoms with Crippen LogP contribution in [-0.4, -0.2) is 59.4 Å². The molecule has 0 aromatic heterocycles. The Balaban J connectivity index is 2.67. The topological polar surface area (TPSA) is 66.6 Å². The van der Waals surface area contributed by atoms with E-state index in [4.69, 9.17) is 5.73 Å². The van der Waals surface area contributed by atoms with Gasteiger partial charge in [0.1, 0.15) is 6.04 Å². The molecule has 0 aliphatic carbocycles. The van der Waals surface area contributed by atoms with Crippen LogP contribution in [0.25, 0.3) is 0 Å². The normalized spacial score (nSPS) is 19.2. The number of carbonyl (C=O) groups excluding carboxylic acids is 2. The summed E-state index contributed by atoms with van der Waals surface area (Å²) in [5.74, 6) is 1.44. The molecule has 0 aromatic rings. The monoisotopic (exact) mass is 301 g/mol. The predicted molar refractivity (Wildman–Crippen MR) is 83.3 cm³/mol. The number of likely N-dealkylation sites (N-methyl/N-ethyl adjacent to an activating group) is 1. The number of nitrogens with two attached hydrogens (primary N) is 1. The Morgan fingerprint density at radius 3 is 2.65 bits per heavy atom. The smallest absolute Gasteiger partial charge is 0.246 e. The van der Waals surface area contributed by atoms with Crippen molar-refractivity contribution in [3.05, 3.63) is 0 Å². The Labute approximate surface area is 126 Å². The second-order valence-corrected chi connectivity index (χ2v) is 7.19. The minimum atomic E-state index is -0.308. The second-order valence-electron chi connectivity index (χ2n) is 6.19. The number of thioether (sulfide) groups is 1. The molecule has 0 spiro atoms. The molecule has 0 radical (unpaired) electrons. The van der Waals surface area contributed by atoms with Crippen LogP contribution in [0.4, 0.5) is 0 Å². The van der Waals surface area contributed by atoms with E-state index in [9.17, 15) is 9.59 Å². The average Bonchev–Trinajstić information content (AvgIpc) is 2.86. The van der Waals surface area contributed by atoms with Crippen LogP contribution in [-0.2, 0) is 9.59 Å². The molecule has 0 saturated carbocycles. The van der Waals surface area contributed by atoms with Gasteiger partial charge >= 0.3 is 0 Å². The van der Waals surface area contributed by atoms with Crippen LogP contribution < -0.4 is 5.73 Å². The molecule has 5 nitrogen and oxygen atoms in total. The maximum Gasteiger partial charge on any atom is 0.246 e. The quantitative estimate of drug-likeness (QED) is 0.799. The summed E-state index contributed by atoms with van der Waals surface area (Å²) in [5.41, 5.74) is 5.61. The summed E-state index contributed by atoms with van der Waals surface area (Å²) in [5, 5.41) is 0. The third kappa shape index (κ3) is 4.38. The van der Waals surface area contributed by atoms with Gasteiger partial charge in [-0.25, -0.2) is 0 Å². The van der Waals surface area contributed by atoms with Crippen LogP contribution in [0.5, 0.6) is 0 Å². The molecule has 1 atom stereocenters. The fourth-order valence-corrected chi connectivity index (χ4v) is 3.46. The third-order valence-electron chi connectivity index (χ3n) is 3.55. The number of nitrogens with zero attached hydrogens (tertiary/aromatic N) is 2. The molecular formula is C14H27N3O2S. The van der Waals surface area contributed by atoms with Crippen molar-refractivity contribution in [1.82, 2.24) is 9.80 Å². The van der Waals surface area contributed by atoms with Gasteiger partial charge in [0.25, 0.3) is 0 Å². The van der Waals surface area contributed by atoms with Crippen molar-refractivity contribution in [2.45, 2.75) is 39.7 Å². The van der Waals surface area contributed by atoms with Gasteiger partial charge in [0, 0.05) is 25.8 Å². The Morgan fingerprint density at radius 2 is 2.10 bits per heavy atom. The van der Waals surface area contributed by atoms with Gasteiger partial charge in [-0.05, 0) is 18.4 Å². The van der Waals surface area contributed by atoms with Crippen LogP contribution in [0.15, 0.2) is 0 Å². The molecule has 2 amide bonds. The molecule has 1 heterocycles. The first-order chi connectivity index (χ1) is 9.32. The first-order valence-electron chi connectivity index (χ1n) is 7.14. The maximum atomic E-state index is 12.5. The zero-order valence-corrected chi connectivity index (χ0v) is 13.8. The number of hydrogen-bond acceptors (Lipinski definition) is 4.